The van der Waals surface area contributed by atoms with Crippen molar-refractivity contribution in [3.63, 3.8) is 0 Å². The summed E-state index contributed by atoms with van der Waals surface area (Å²) >= 11 is 0.897. The lowest BCUT2D eigenvalue weighted by Gasteiger charge is -2.23. The van der Waals surface area contributed by atoms with E-state index in [9.17, 15) is 26.0 Å². The summed E-state index contributed by atoms with van der Waals surface area (Å²) in [6.07, 6.45) is -3.22. The van der Waals surface area contributed by atoms with Crippen LogP contribution in [0.15, 0.2) is 34.9 Å². The predicted molar refractivity (Wildman–Crippen MR) is 97.1 cm³/mol. The number of sulfonamides is 1. The summed E-state index contributed by atoms with van der Waals surface area (Å²) in [6.45, 7) is 1.47. The number of rotatable bonds is 7. The van der Waals surface area contributed by atoms with Gasteiger partial charge in [-0.15, -0.1) is 21.5 Å². The maximum Gasteiger partial charge on any atom is 0.470 e. The SMILES string of the molecule is CCCS(=O)(=O)N(Cc1ncc(-c2nnc(C(F)(F)F)o2)s1)c1cccc(F)c1. The monoisotopic (exact) mass is 450 g/mol. The van der Waals surface area contributed by atoms with Crippen molar-refractivity contribution in [2.75, 3.05) is 10.1 Å². The first-order chi connectivity index (χ1) is 13.6. The van der Waals surface area contributed by atoms with Gasteiger partial charge in [0.05, 0.1) is 24.2 Å². The minimum absolute atomic E-state index is 0.118. The average molecular weight is 450 g/mol. The Kier molecular flexibility index (Phi) is 5.89. The molecule has 2 aromatic heterocycles. The number of nitrogens with zero attached hydrogens (tertiary/aromatic N) is 4. The Morgan fingerprint density at radius 2 is 2.00 bits per heavy atom. The van der Waals surface area contributed by atoms with Gasteiger partial charge < -0.3 is 4.42 Å². The van der Waals surface area contributed by atoms with Gasteiger partial charge in [-0.3, -0.25) is 4.31 Å². The minimum atomic E-state index is -4.78. The fourth-order valence-corrected chi connectivity index (χ4v) is 4.79. The van der Waals surface area contributed by atoms with E-state index in [1.807, 2.05) is 0 Å². The molecular formula is C16H14F4N4O3S2. The molecule has 2 heterocycles. The summed E-state index contributed by atoms with van der Waals surface area (Å²) in [5.41, 5.74) is 0.118. The van der Waals surface area contributed by atoms with E-state index in [2.05, 4.69) is 19.6 Å². The molecule has 0 amide bonds. The van der Waals surface area contributed by atoms with E-state index < -0.39 is 27.9 Å². The molecule has 0 spiro atoms. The first-order valence-corrected chi connectivity index (χ1v) is 10.6. The van der Waals surface area contributed by atoms with E-state index in [-0.39, 0.29) is 33.8 Å². The van der Waals surface area contributed by atoms with Crippen LogP contribution in [0, 0.1) is 5.82 Å². The number of aromatic nitrogens is 3. The van der Waals surface area contributed by atoms with Crippen molar-refractivity contribution in [2.45, 2.75) is 26.1 Å². The molecule has 0 saturated heterocycles. The van der Waals surface area contributed by atoms with Crippen LogP contribution in [-0.4, -0.2) is 29.4 Å². The maximum atomic E-state index is 13.6. The van der Waals surface area contributed by atoms with Gasteiger partial charge in [-0.2, -0.15) is 13.2 Å². The molecule has 0 N–H and O–H groups in total. The van der Waals surface area contributed by atoms with E-state index >= 15 is 0 Å². The molecule has 156 valence electrons. The first kappa shape index (κ1) is 21.2. The Morgan fingerprint density at radius 3 is 2.62 bits per heavy atom. The van der Waals surface area contributed by atoms with Gasteiger partial charge in [0.1, 0.15) is 15.7 Å². The van der Waals surface area contributed by atoms with Gasteiger partial charge >= 0.3 is 12.1 Å². The summed E-state index contributed by atoms with van der Waals surface area (Å²) in [7, 11) is -3.78. The Balaban J connectivity index is 1.90. The number of alkyl halides is 3. The van der Waals surface area contributed by atoms with Crippen LogP contribution in [0.25, 0.3) is 10.8 Å². The molecule has 0 fully saturated rings. The third kappa shape index (κ3) is 4.90. The van der Waals surface area contributed by atoms with Crippen LogP contribution >= 0.6 is 11.3 Å². The summed E-state index contributed by atoms with van der Waals surface area (Å²) in [5.74, 6) is -2.64. The van der Waals surface area contributed by atoms with Gasteiger partial charge in [0.15, 0.2) is 0 Å². The number of anilines is 1. The summed E-state index contributed by atoms with van der Waals surface area (Å²) in [4.78, 5) is 4.18. The molecule has 3 rings (SSSR count). The zero-order valence-corrected chi connectivity index (χ0v) is 16.5. The number of hydrogen-bond donors (Lipinski definition) is 0. The molecule has 29 heavy (non-hydrogen) atoms. The zero-order valence-electron chi connectivity index (χ0n) is 14.9. The molecule has 13 heteroatoms. The molecule has 0 aliphatic heterocycles. The second kappa shape index (κ2) is 8.06. The van der Waals surface area contributed by atoms with Crippen LogP contribution in [-0.2, 0) is 22.7 Å². The fourth-order valence-electron chi connectivity index (χ4n) is 2.39. The van der Waals surface area contributed by atoms with E-state index in [4.69, 9.17) is 0 Å². The topological polar surface area (TPSA) is 89.2 Å². The Hall–Kier alpha value is -2.54. The Labute approximate surface area is 167 Å². The summed E-state index contributed by atoms with van der Waals surface area (Å²) < 4.78 is 82.3. The fraction of sp³-hybridized carbons (Fsp3) is 0.312. The molecule has 0 atom stereocenters. The van der Waals surface area contributed by atoms with Gasteiger partial charge in [0, 0.05) is 0 Å². The van der Waals surface area contributed by atoms with E-state index in [1.54, 1.807) is 6.92 Å². The molecule has 7 nitrogen and oxygen atoms in total. The third-order valence-corrected chi connectivity index (χ3v) is 6.51. The van der Waals surface area contributed by atoms with Crippen molar-refractivity contribution in [1.82, 2.24) is 15.2 Å². The lowest BCUT2D eigenvalue weighted by Crippen LogP contribution is -2.32. The maximum absolute atomic E-state index is 13.6. The largest absolute Gasteiger partial charge is 0.470 e. The first-order valence-electron chi connectivity index (χ1n) is 8.22. The Morgan fingerprint density at radius 1 is 1.24 bits per heavy atom. The predicted octanol–water partition coefficient (Wildman–Crippen LogP) is 4.10. The van der Waals surface area contributed by atoms with Crippen molar-refractivity contribution >= 4 is 27.0 Å². The van der Waals surface area contributed by atoms with Crippen LogP contribution in [0.3, 0.4) is 0 Å². The highest BCUT2D eigenvalue weighted by Crippen LogP contribution is 2.33. The standard InChI is InChI=1S/C16H14F4N4O3S2/c1-2-6-29(25,26)24(11-5-3-4-10(17)7-11)9-13-21-8-12(28-13)14-22-23-15(27-14)16(18,19)20/h3-5,7-8H,2,6,9H2,1H3. The van der Waals surface area contributed by atoms with Crippen molar-refractivity contribution < 1.29 is 30.4 Å². The molecule has 0 saturated carbocycles. The van der Waals surface area contributed by atoms with Gasteiger partial charge in [0.25, 0.3) is 5.89 Å². The molecule has 0 radical (unpaired) electrons. The van der Waals surface area contributed by atoms with Gasteiger partial charge in [-0.1, -0.05) is 13.0 Å². The van der Waals surface area contributed by atoms with Crippen molar-refractivity contribution in [3.8, 4) is 10.8 Å². The van der Waals surface area contributed by atoms with Gasteiger partial charge in [0.2, 0.25) is 10.0 Å². The van der Waals surface area contributed by atoms with Crippen LogP contribution in [0.1, 0.15) is 24.2 Å². The highest BCUT2D eigenvalue weighted by atomic mass is 32.2. The molecule has 1 aromatic carbocycles. The minimum Gasteiger partial charge on any atom is -0.412 e. The van der Waals surface area contributed by atoms with Crippen LogP contribution in [0.4, 0.5) is 23.2 Å². The van der Waals surface area contributed by atoms with Crippen molar-refractivity contribution in [1.29, 1.82) is 0 Å². The van der Waals surface area contributed by atoms with Gasteiger partial charge in [-0.05, 0) is 24.6 Å². The number of thiazole rings is 1. The highest BCUT2D eigenvalue weighted by Gasteiger charge is 2.38. The van der Waals surface area contributed by atoms with Crippen molar-refractivity contribution in [2.24, 2.45) is 0 Å². The molecule has 0 bridgehead atoms. The quantitative estimate of drug-likeness (QED) is 0.504. The lowest BCUT2D eigenvalue weighted by molar-refractivity contribution is -0.156. The zero-order chi connectivity index (χ0) is 21.2. The summed E-state index contributed by atoms with van der Waals surface area (Å²) in [5, 5.41) is 6.55. The number of hydrogen-bond acceptors (Lipinski definition) is 7. The second-order valence-electron chi connectivity index (χ2n) is 5.83. The van der Waals surface area contributed by atoms with E-state index in [0.29, 0.717) is 6.42 Å². The van der Waals surface area contributed by atoms with E-state index in [1.165, 1.54) is 24.4 Å². The third-order valence-electron chi connectivity index (χ3n) is 3.60. The average Bonchev–Trinajstić information content (AvgIpc) is 3.28. The van der Waals surface area contributed by atoms with Crippen LogP contribution in [0.2, 0.25) is 0 Å². The van der Waals surface area contributed by atoms with Crippen molar-refractivity contribution in [3.05, 3.63) is 47.2 Å². The number of halogens is 4. The summed E-state index contributed by atoms with van der Waals surface area (Å²) in [6, 6.07) is 5.08. The smallest absolute Gasteiger partial charge is 0.412 e. The molecule has 0 aliphatic rings. The molecular weight excluding hydrogens is 436 g/mol. The van der Waals surface area contributed by atoms with Crippen LogP contribution < -0.4 is 4.31 Å². The molecule has 0 unspecified atom stereocenters. The second-order valence-corrected chi connectivity index (χ2v) is 8.96. The normalized spacial score (nSPS) is 12.3. The number of benzene rings is 1. The van der Waals surface area contributed by atoms with Crippen LogP contribution in [0.5, 0.6) is 0 Å². The molecule has 3 aromatic rings. The lowest BCUT2D eigenvalue weighted by atomic mass is 10.3. The highest BCUT2D eigenvalue weighted by molar-refractivity contribution is 7.92. The molecule has 0 aliphatic carbocycles. The van der Waals surface area contributed by atoms with E-state index in [0.717, 1.165) is 21.7 Å². The van der Waals surface area contributed by atoms with Gasteiger partial charge in [-0.25, -0.2) is 17.8 Å². The Bertz CT molecular complexity index is 1100.